The van der Waals surface area contributed by atoms with Crippen LogP contribution in [0, 0.1) is 17.6 Å². The molecule has 1 heterocycles. The van der Waals surface area contributed by atoms with Gasteiger partial charge < -0.3 is 9.64 Å². The maximum Gasteiger partial charge on any atom is 0.308 e. The molecule has 11 heteroatoms. The molecule has 3 aromatic rings. The maximum atomic E-state index is 14.1. The average Bonchev–Trinajstić information content (AvgIpc) is 2.92. The third kappa shape index (κ3) is 8.68. The molecule has 1 unspecified atom stereocenters. The van der Waals surface area contributed by atoms with Gasteiger partial charge in [0.25, 0.3) is 0 Å². The van der Waals surface area contributed by atoms with Crippen LogP contribution in [0.2, 0.25) is 0 Å². The molecule has 1 atom stereocenters. The lowest BCUT2D eigenvalue weighted by atomic mass is 9.87. The molecule has 1 aliphatic rings. The molecule has 226 valence electrons. The first kappa shape index (κ1) is 31.8. The number of esters is 1. The SMILES string of the molecule is CC(=O)Oc1ccc(S(=O)(=O)CCC2CCN(CCC(c3ccc(S(C)(=O)=O)cc3)c3cc(F)cc(F)c3)CC2)cc1. The van der Waals surface area contributed by atoms with E-state index in [2.05, 4.69) is 4.90 Å². The molecule has 42 heavy (non-hydrogen) atoms. The number of benzene rings is 3. The minimum atomic E-state index is -3.47. The maximum absolute atomic E-state index is 14.1. The van der Waals surface area contributed by atoms with E-state index in [1.807, 2.05) is 0 Å². The molecule has 0 aliphatic carbocycles. The van der Waals surface area contributed by atoms with Crippen molar-refractivity contribution in [3.8, 4) is 5.75 Å². The summed E-state index contributed by atoms with van der Waals surface area (Å²) in [5, 5.41) is 0. The van der Waals surface area contributed by atoms with Crippen molar-refractivity contribution < 1.29 is 35.1 Å². The molecule has 1 saturated heterocycles. The van der Waals surface area contributed by atoms with Crippen LogP contribution in [0.25, 0.3) is 0 Å². The minimum absolute atomic E-state index is 0.0290. The molecule has 0 bridgehead atoms. The van der Waals surface area contributed by atoms with Crippen LogP contribution in [0.4, 0.5) is 8.78 Å². The summed E-state index contributed by atoms with van der Waals surface area (Å²) < 4.78 is 82.6. The minimum Gasteiger partial charge on any atom is -0.427 e. The summed E-state index contributed by atoms with van der Waals surface area (Å²) in [6.45, 7) is 3.50. The number of carbonyl (C=O) groups excluding carboxylic acids is 1. The van der Waals surface area contributed by atoms with Gasteiger partial charge in [-0.25, -0.2) is 25.6 Å². The Balaban J connectivity index is 1.34. The third-order valence-electron chi connectivity index (χ3n) is 7.68. The van der Waals surface area contributed by atoms with Crippen molar-refractivity contribution >= 4 is 25.6 Å². The van der Waals surface area contributed by atoms with Crippen molar-refractivity contribution in [2.75, 3.05) is 31.6 Å². The van der Waals surface area contributed by atoms with Crippen molar-refractivity contribution in [2.45, 2.75) is 48.3 Å². The number of likely N-dealkylation sites (tertiary alicyclic amines) is 1. The molecule has 0 N–H and O–H groups in total. The van der Waals surface area contributed by atoms with Crippen molar-refractivity contribution in [1.82, 2.24) is 4.90 Å². The van der Waals surface area contributed by atoms with Gasteiger partial charge in [-0.05, 0) is 111 Å². The fourth-order valence-electron chi connectivity index (χ4n) is 5.38. The van der Waals surface area contributed by atoms with Crippen LogP contribution >= 0.6 is 0 Å². The lowest BCUT2D eigenvalue weighted by Gasteiger charge is -2.33. The lowest BCUT2D eigenvalue weighted by molar-refractivity contribution is -0.131. The first-order valence-electron chi connectivity index (χ1n) is 13.8. The van der Waals surface area contributed by atoms with Crippen LogP contribution in [0.15, 0.2) is 76.5 Å². The molecular formula is C31H35F2NO6S2. The predicted octanol–water partition coefficient (Wildman–Crippen LogP) is 5.39. The lowest BCUT2D eigenvalue weighted by Crippen LogP contribution is -2.35. The number of nitrogens with zero attached hydrogens (tertiary/aromatic N) is 1. The molecule has 0 radical (unpaired) electrons. The zero-order chi connectivity index (χ0) is 30.5. The van der Waals surface area contributed by atoms with E-state index < -0.39 is 37.3 Å². The summed E-state index contributed by atoms with van der Waals surface area (Å²) in [4.78, 5) is 13.7. The smallest absolute Gasteiger partial charge is 0.308 e. The van der Waals surface area contributed by atoms with Gasteiger partial charge in [-0.2, -0.15) is 0 Å². The van der Waals surface area contributed by atoms with E-state index >= 15 is 0 Å². The number of halogens is 2. The first-order valence-corrected chi connectivity index (χ1v) is 17.3. The van der Waals surface area contributed by atoms with Gasteiger partial charge in [-0.1, -0.05) is 12.1 Å². The Morgan fingerprint density at radius 2 is 1.45 bits per heavy atom. The molecular weight excluding hydrogens is 584 g/mol. The van der Waals surface area contributed by atoms with Crippen molar-refractivity contribution in [1.29, 1.82) is 0 Å². The molecule has 7 nitrogen and oxygen atoms in total. The van der Waals surface area contributed by atoms with Crippen LogP contribution in [-0.2, 0) is 24.5 Å². The highest BCUT2D eigenvalue weighted by molar-refractivity contribution is 7.91. The van der Waals surface area contributed by atoms with Gasteiger partial charge in [-0.3, -0.25) is 4.79 Å². The van der Waals surface area contributed by atoms with E-state index in [4.69, 9.17) is 4.74 Å². The first-order chi connectivity index (χ1) is 19.8. The Labute approximate surface area is 246 Å². The normalized spacial score (nSPS) is 15.8. The van der Waals surface area contributed by atoms with Crippen molar-refractivity contribution in [3.05, 3.63) is 89.5 Å². The van der Waals surface area contributed by atoms with Gasteiger partial charge in [0.1, 0.15) is 17.4 Å². The summed E-state index contributed by atoms with van der Waals surface area (Å²) >= 11 is 0. The Morgan fingerprint density at radius 1 is 0.881 bits per heavy atom. The Kier molecular flexibility index (Phi) is 10.2. The van der Waals surface area contributed by atoms with Crippen LogP contribution in [-0.4, -0.2) is 59.3 Å². The predicted molar refractivity (Wildman–Crippen MR) is 156 cm³/mol. The summed E-state index contributed by atoms with van der Waals surface area (Å²) in [6, 6.07) is 15.7. The molecule has 0 amide bonds. The van der Waals surface area contributed by atoms with Gasteiger partial charge in [0.05, 0.1) is 15.5 Å². The number of carbonyl (C=O) groups is 1. The van der Waals surface area contributed by atoms with E-state index in [0.717, 1.165) is 43.8 Å². The van der Waals surface area contributed by atoms with Crippen LogP contribution in [0.1, 0.15) is 49.7 Å². The molecule has 0 saturated carbocycles. The molecule has 3 aromatic carbocycles. The summed E-state index contributed by atoms with van der Waals surface area (Å²) in [7, 11) is -6.85. The van der Waals surface area contributed by atoms with E-state index in [1.165, 1.54) is 55.5 Å². The van der Waals surface area contributed by atoms with E-state index in [1.54, 1.807) is 12.1 Å². The van der Waals surface area contributed by atoms with Gasteiger partial charge >= 0.3 is 5.97 Å². The number of sulfone groups is 2. The van der Waals surface area contributed by atoms with E-state index in [0.29, 0.717) is 30.7 Å². The van der Waals surface area contributed by atoms with Crippen LogP contribution in [0.3, 0.4) is 0 Å². The summed E-state index contributed by atoms with van der Waals surface area (Å²) in [5.41, 5.74) is 1.26. The summed E-state index contributed by atoms with van der Waals surface area (Å²) in [6.07, 6.45) is 3.92. The standard InChI is InChI=1S/C31H35F2NO6S2/c1-22(35)40-28-5-9-30(10-6-28)42(38,39)18-14-23-11-15-34(16-12-23)17-13-31(25-19-26(32)21-27(33)20-25)24-3-7-29(8-4-24)41(2,36)37/h3-10,19-21,23,31H,11-18H2,1-2H3. The number of hydrogen-bond donors (Lipinski definition) is 0. The fourth-order valence-corrected chi connectivity index (χ4v) is 7.44. The molecule has 0 spiro atoms. The van der Waals surface area contributed by atoms with Crippen LogP contribution < -0.4 is 4.74 Å². The Morgan fingerprint density at radius 3 is 2.00 bits per heavy atom. The molecule has 0 aromatic heterocycles. The second-order valence-corrected chi connectivity index (χ2v) is 15.0. The summed E-state index contributed by atoms with van der Waals surface area (Å²) in [5.74, 6) is -1.56. The zero-order valence-corrected chi connectivity index (χ0v) is 25.3. The van der Waals surface area contributed by atoms with E-state index in [-0.39, 0.29) is 27.4 Å². The van der Waals surface area contributed by atoms with Crippen molar-refractivity contribution in [2.24, 2.45) is 5.92 Å². The number of hydrogen-bond acceptors (Lipinski definition) is 7. The number of piperidine rings is 1. The quantitative estimate of drug-likeness (QED) is 0.210. The fraction of sp³-hybridized carbons (Fsp3) is 0.387. The Bertz CT molecular complexity index is 1580. The third-order valence-corrected chi connectivity index (χ3v) is 10.6. The highest BCUT2D eigenvalue weighted by Crippen LogP contribution is 2.32. The monoisotopic (exact) mass is 619 g/mol. The molecule has 1 fully saturated rings. The highest BCUT2D eigenvalue weighted by atomic mass is 32.2. The average molecular weight is 620 g/mol. The second kappa shape index (κ2) is 13.4. The zero-order valence-electron chi connectivity index (χ0n) is 23.6. The molecule has 1 aliphatic heterocycles. The van der Waals surface area contributed by atoms with Gasteiger partial charge in [-0.15, -0.1) is 0 Å². The largest absolute Gasteiger partial charge is 0.427 e. The van der Waals surface area contributed by atoms with Crippen molar-refractivity contribution in [3.63, 3.8) is 0 Å². The van der Waals surface area contributed by atoms with Gasteiger partial charge in [0.2, 0.25) is 0 Å². The Hall–Kier alpha value is -3.15. The topological polar surface area (TPSA) is 97.8 Å². The number of ether oxygens (including phenoxy) is 1. The van der Waals surface area contributed by atoms with Gasteiger partial charge in [0, 0.05) is 25.2 Å². The van der Waals surface area contributed by atoms with Gasteiger partial charge in [0.15, 0.2) is 19.7 Å². The highest BCUT2D eigenvalue weighted by Gasteiger charge is 2.24. The number of rotatable bonds is 11. The second-order valence-electron chi connectivity index (χ2n) is 10.8. The molecule has 4 rings (SSSR count). The van der Waals surface area contributed by atoms with Crippen LogP contribution in [0.5, 0.6) is 5.75 Å². The van der Waals surface area contributed by atoms with E-state index in [9.17, 15) is 30.4 Å².